The molecule has 2 N–H and O–H groups in total. The number of aliphatic hydroxyl groups excluding tert-OH is 1. The van der Waals surface area contributed by atoms with Crippen molar-refractivity contribution in [3.8, 4) is 11.4 Å². The van der Waals surface area contributed by atoms with Gasteiger partial charge in [-0.3, -0.25) is 10.1 Å². The standard InChI is InChI=1S/C21H22N4O6/c1-13(2)14-3-5-15(6-4-14)20-23-19(31-24-20)12-30-21(27)17-11-16(25(28)29)7-8-18(17)22-9-10-26/h3-8,11,13,22,26H,9-10,12H2,1-2H3. The van der Waals surface area contributed by atoms with E-state index in [1.165, 1.54) is 17.7 Å². The molecule has 0 bridgehead atoms. The lowest BCUT2D eigenvalue weighted by molar-refractivity contribution is -0.384. The van der Waals surface area contributed by atoms with Gasteiger partial charge in [-0.15, -0.1) is 0 Å². The fourth-order valence-electron chi connectivity index (χ4n) is 2.81. The molecule has 10 nitrogen and oxygen atoms in total. The number of hydrogen-bond donors (Lipinski definition) is 2. The molecule has 0 radical (unpaired) electrons. The average molecular weight is 426 g/mol. The van der Waals surface area contributed by atoms with Gasteiger partial charge in [0.2, 0.25) is 5.82 Å². The minimum atomic E-state index is -0.801. The van der Waals surface area contributed by atoms with Crippen molar-refractivity contribution in [2.24, 2.45) is 0 Å². The molecule has 162 valence electrons. The first-order valence-electron chi connectivity index (χ1n) is 9.62. The van der Waals surface area contributed by atoms with Crippen LogP contribution in [0.1, 0.15) is 41.6 Å². The normalized spacial score (nSPS) is 10.8. The van der Waals surface area contributed by atoms with Crippen LogP contribution in [0.15, 0.2) is 47.0 Å². The summed E-state index contributed by atoms with van der Waals surface area (Å²) in [6.45, 7) is 3.90. The van der Waals surface area contributed by atoms with Gasteiger partial charge in [0.25, 0.3) is 11.6 Å². The summed E-state index contributed by atoms with van der Waals surface area (Å²) in [5.74, 6) is 0.0543. The number of aliphatic hydroxyl groups is 1. The predicted molar refractivity (Wildman–Crippen MR) is 112 cm³/mol. The molecule has 2 aromatic carbocycles. The number of nitro groups is 1. The van der Waals surface area contributed by atoms with Gasteiger partial charge in [-0.1, -0.05) is 43.3 Å². The number of non-ortho nitro benzene ring substituents is 1. The smallest absolute Gasteiger partial charge is 0.341 e. The van der Waals surface area contributed by atoms with E-state index in [1.807, 2.05) is 24.3 Å². The molecule has 0 spiro atoms. The summed E-state index contributed by atoms with van der Waals surface area (Å²) in [5, 5.41) is 26.7. The van der Waals surface area contributed by atoms with Crippen LogP contribution in [0.2, 0.25) is 0 Å². The van der Waals surface area contributed by atoms with E-state index in [0.29, 0.717) is 17.4 Å². The lowest BCUT2D eigenvalue weighted by Gasteiger charge is -2.10. The Kier molecular flexibility index (Phi) is 6.93. The molecule has 3 rings (SSSR count). The number of rotatable bonds is 9. The van der Waals surface area contributed by atoms with E-state index in [9.17, 15) is 14.9 Å². The molecule has 0 aliphatic rings. The molecule has 10 heteroatoms. The molecule has 31 heavy (non-hydrogen) atoms. The van der Waals surface area contributed by atoms with E-state index < -0.39 is 10.9 Å². The van der Waals surface area contributed by atoms with E-state index in [1.54, 1.807) is 0 Å². The van der Waals surface area contributed by atoms with Gasteiger partial charge in [0, 0.05) is 29.9 Å². The Morgan fingerprint density at radius 1 is 1.26 bits per heavy atom. The minimum Gasteiger partial charge on any atom is -0.452 e. The fourth-order valence-corrected chi connectivity index (χ4v) is 2.81. The highest BCUT2D eigenvalue weighted by atomic mass is 16.6. The first-order chi connectivity index (χ1) is 14.9. The second-order valence-corrected chi connectivity index (χ2v) is 7.00. The zero-order valence-corrected chi connectivity index (χ0v) is 17.1. The number of aromatic nitrogens is 2. The number of nitrogens with zero attached hydrogens (tertiary/aromatic N) is 3. The van der Waals surface area contributed by atoms with Crippen LogP contribution in [0, 0.1) is 10.1 Å². The molecular weight excluding hydrogens is 404 g/mol. The fraction of sp³-hybridized carbons (Fsp3) is 0.286. The van der Waals surface area contributed by atoms with E-state index in [2.05, 4.69) is 29.3 Å². The summed E-state index contributed by atoms with van der Waals surface area (Å²) in [5.41, 5.74) is 1.96. The molecule has 0 unspecified atom stereocenters. The molecule has 3 aromatic rings. The van der Waals surface area contributed by atoms with Crippen molar-refractivity contribution in [3.63, 3.8) is 0 Å². The van der Waals surface area contributed by atoms with Gasteiger partial charge >= 0.3 is 5.97 Å². The van der Waals surface area contributed by atoms with Crippen LogP contribution in [0.5, 0.6) is 0 Å². The third-order valence-corrected chi connectivity index (χ3v) is 4.49. The maximum Gasteiger partial charge on any atom is 0.341 e. The first kappa shape index (κ1) is 21.9. The van der Waals surface area contributed by atoms with E-state index >= 15 is 0 Å². The van der Waals surface area contributed by atoms with Gasteiger partial charge in [-0.05, 0) is 17.5 Å². The zero-order chi connectivity index (χ0) is 22.4. The topological polar surface area (TPSA) is 141 Å². The van der Waals surface area contributed by atoms with Crippen LogP contribution >= 0.6 is 0 Å². The molecule has 0 atom stereocenters. The van der Waals surface area contributed by atoms with Crippen molar-refractivity contribution in [2.75, 3.05) is 18.5 Å². The van der Waals surface area contributed by atoms with Crippen LogP contribution in [-0.4, -0.2) is 39.3 Å². The number of benzene rings is 2. The van der Waals surface area contributed by atoms with Gasteiger partial charge in [0.05, 0.1) is 17.1 Å². The van der Waals surface area contributed by atoms with Crippen molar-refractivity contribution < 1.29 is 24.1 Å². The minimum absolute atomic E-state index is 0.0355. The maximum absolute atomic E-state index is 12.5. The summed E-state index contributed by atoms with van der Waals surface area (Å²) in [6, 6.07) is 11.5. The Hall–Kier alpha value is -3.79. The quantitative estimate of drug-likeness (QED) is 0.298. The molecular formula is C21H22N4O6. The highest BCUT2D eigenvalue weighted by Gasteiger charge is 2.19. The number of nitro benzene ring substituents is 1. The Morgan fingerprint density at radius 3 is 2.65 bits per heavy atom. The number of carbonyl (C=O) groups is 1. The highest BCUT2D eigenvalue weighted by Crippen LogP contribution is 2.24. The Bertz CT molecular complexity index is 1060. The SMILES string of the molecule is CC(C)c1ccc(-c2noc(COC(=O)c3cc([N+](=O)[O-])ccc3NCCO)n2)cc1. The molecule has 0 saturated carbocycles. The van der Waals surface area contributed by atoms with Crippen LogP contribution in [0.3, 0.4) is 0 Å². The predicted octanol–water partition coefficient (Wildman–Crippen LogP) is 3.53. The van der Waals surface area contributed by atoms with Crippen LogP contribution in [0.4, 0.5) is 11.4 Å². The van der Waals surface area contributed by atoms with E-state index in [0.717, 1.165) is 11.6 Å². The molecule has 0 amide bonds. The van der Waals surface area contributed by atoms with Gasteiger partial charge < -0.3 is 19.7 Å². The molecule has 1 aromatic heterocycles. The molecule has 0 aliphatic heterocycles. The van der Waals surface area contributed by atoms with Crippen molar-refractivity contribution in [3.05, 3.63) is 69.6 Å². The summed E-state index contributed by atoms with van der Waals surface area (Å²) >= 11 is 0. The maximum atomic E-state index is 12.5. The second kappa shape index (κ2) is 9.81. The molecule has 0 saturated heterocycles. The van der Waals surface area contributed by atoms with Crippen LogP contribution in [-0.2, 0) is 11.3 Å². The molecule has 0 aliphatic carbocycles. The number of ether oxygens (including phenoxy) is 1. The second-order valence-electron chi connectivity index (χ2n) is 7.00. The van der Waals surface area contributed by atoms with Gasteiger partial charge in [0.1, 0.15) is 0 Å². The number of anilines is 1. The Balaban J connectivity index is 1.71. The third kappa shape index (κ3) is 5.43. The van der Waals surface area contributed by atoms with Crippen molar-refractivity contribution in [2.45, 2.75) is 26.4 Å². The van der Waals surface area contributed by atoms with Crippen molar-refractivity contribution in [1.82, 2.24) is 10.1 Å². The van der Waals surface area contributed by atoms with Gasteiger partial charge in [0.15, 0.2) is 6.61 Å². The highest BCUT2D eigenvalue weighted by molar-refractivity contribution is 5.96. The third-order valence-electron chi connectivity index (χ3n) is 4.49. The summed E-state index contributed by atoms with van der Waals surface area (Å²) < 4.78 is 10.4. The van der Waals surface area contributed by atoms with Crippen molar-refractivity contribution in [1.29, 1.82) is 0 Å². The number of nitrogens with one attached hydrogen (secondary N) is 1. The van der Waals surface area contributed by atoms with Gasteiger partial charge in [-0.25, -0.2) is 4.79 Å². The largest absolute Gasteiger partial charge is 0.452 e. The zero-order valence-electron chi connectivity index (χ0n) is 17.1. The van der Waals surface area contributed by atoms with Crippen molar-refractivity contribution >= 4 is 17.3 Å². The lowest BCUT2D eigenvalue weighted by Crippen LogP contribution is -2.13. The number of carbonyl (C=O) groups excluding carboxylic acids is 1. The lowest BCUT2D eigenvalue weighted by atomic mass is 10.0. The van der Waals surface area contributed by atoms with E-state index in [4.69, 9.17) is 14.4 Å². The summed E-state index contributed by atoms with van der Waals surface area (Å²) in [6.07, 6.45) is 0. The van der Waals surface area contributed by atoms with E-state index in [-0.39, 0.29) is 36.9 Å². The molecule has 1 heterocycles. The van der Waals surface area contributed by atoms with Gasteiger partial charge in [-0.2, -0.15) is 4.98 Å². The average Bonchev–Trinajstić information content (AvgIpc) is 3.25. The number of hydrogen-bond acceptors (Lipinski definition) is 9. The monoisotopic (exact) mass is 426 g/mol. The Labute approximate surface area is 178 Å². The van der Waals surface area contributed by atoms with Crippen LogP contribution < -0.4 is 5.32 Å². The van der Waals surface area contributed by atoms with Crippen LogP contribution in [0.25, 0.3) is 11.4 Å². The summed E-state index contributed by atoms with van der Waals surface area (Å²) in [7, 11) is 0. The molecule has 0 fully saturated rings. The Morgan fingerprint density at radius 2 is 2.00 bits per heavy atom. The number of esters is 1. The summed E-state index contributed by atoms with van der Waals surface area (Å²) in [4.78, 5) is 27.2. The first-order valence-corrected chi connectivity index (χ1v) is 9.62.